The lowest BCUT2D eigenvalue weighted by Gasteiger charge is -2.18. The van der Waals surface area contributed by atoms with Crippen LogP contribution in [0.1, 0.15) is 68.6 Å². The quantitative estimate of drug-likeness (QED) is 0.615. The van der Waals surface area contributed by atoms with Crippen LogP contribution in [0.15, 0.2) is 6.33 Å². The topological polar surface area (TPSA) is 95.3 Å². The normalized spacial score (nSPS) is 11.9. The molecule has 0 atom stereocenters. The molecule has 0 aliphatic rings. The Bertz CT molecular complexity index is 912. The van der Waals surface area contributed by atoms with Crippen molar-refractivity contribution in [1.29, 1.82) is 0 Å². The van der Waals surface area contributed by atoms with Gasteiger partial charge in [0.05, 0.1) is 18.6 Å². The number of halogens is 1. The Balaban J connectivity index is 2.30. The maximum atomic E-state index is 12.3. The molecular formula is C19H25ClN4O4S. The fourth-order valence-corrected chi connectivity index (χ4v) is 3.41. The Morgan fingerprint density at radius 3 is 2.52 bits per heavy atom. The summed E-state index contributed by atoms with van der Waals surface area (Å²) in [4.78, 5) is 33.1. The molecule has 0 fully saturated rings. The fraction of sp³-hybridized carbons (Fsp3) is 0.474. The third-order valence-electron chi connectivity index (χ3n) is 3.44. The average Bonchev–Trinajstić information content (AvgIpc) is 3.14. The lowest BCUT2D eigenvalue weighted by Crippen LogP contribution is -2.27. The van der Waals surface area contributed by atoms with Crippen molar-refractivity contribution < 1.29 is 19.1 Å². The molecule has 0 bridgehead atoms. The third-order valence-corrected chi connectivity index (χ3v) is 4.79. The maximum Gasteiger partial charge on any atom is 0.413 e. The molecule has 2 aromatic heterocycles. The van der Waals surface area contributed by atoms with Gasteiger partial charge in [-0.2, -0.15) is 0 Å². The van der Waals surface area contributed by atoms with Gasteiger partial charge in [0.25, 0.3) is 0 Å². The number of amides is 1. The van der Waals surface area contributed by atoms with Gasteiger partial charge in [0, 0.05) is 6.04 Å². The minimum atomic E-state index is -0.657. The largest absolute Gasteiger partial charge is 0.462 e. The van der Waals surface area contributed by atoms with Gasteiger partial charge in [0.1, 0.15) is 21.3 Å². The SMILES string of the molecule is CCOC(=O)c1sc(NC(=O)OC(C)(C)C)nc1/C=C/c1ncn(C(C)C)c1Cl. The van der Waals surface area contributed by atoms with Gasteiger partial charge in [-0.05, 0) is 53.7 Å². The van der Waals surface area contributed by atoms with Gasteiger partial charge in [-0.1, -0.05) is 22.9 Å². The van der Waals surface area contributed by atoms with Crippen molar-refractivity contribution in [3.63, 3.8) is 0 Å². The number of thiazole rings is 1. The van der Waals surface area contributed by atoms with E-state index in [9.17, 15) is 9.59 Å². The van der Waals surface area contributed by atoms with Gasteiger partial charge in [-0.25, -0.2) is 19.6 Å². The molecule has 2 rings (SSSR count). The molecular weight excluding hydrogens is 416 g/mol. The smallest absolute Gasteiger partial charge is 0.413 e. The number of esters is 1. The molecule has 158 valence electrons. The van der Waals surface area contributed by atoms with Gasteiger partial charge >= 0.3 is 12.1 Å². The fourth-order valence-electron chi connectivity index (χ4n) is 2.22. The van der Waals surface area contributed by atoms with E-state index in [4.69, 9.17) is 21.1 Å². The predicted molar refractivity (Wildman–Crippen MR) is 114 cm³/mol. The molecule has 0 spiro atoms. The number of nitrogens with zero attached hydrogens (tertiary/aromatic N) is 3. The van der Waals surface area contributed by atoms with E-state index >= 15 is 0 Å². The summed E-state index contributed by atoms with van der Waals surface area (Å²) in [6, 6.07) is 0.163. The van der Waals surface area contributed by atoms with Crippen LogP contribution < -0.4 is 5.32 Å². The van der Waals surface area contributed by atoms with Crippen molar-refractivity contribution in [2.45, 2.75) is 53.2 Å². The highest BCUT2D eigenvalue weighted by molar-refractivity contribution is 7.17. The van der Waals surface area contributed by atoms with Crippen LogP contribution in [-0.2, 0) is 9.47 Å². The standard InChI is InChI=1S/C19H25ClN4O4S/c1-7-27-16(25)14-12(8-9-13-15(20)24(10-21-13)11(2)3)22-17(29-14)23-18(26)28-19(4,5)6/h8-11H,7H2,1-6H3,(H,22,23,26)/b9-8+. The first-order valence-electron chi connectivity index (χ1n) is 9.10. The van der Waals surface area contributed by atoms with Crippen LogP contribution in [0.4, 0.5) is 9.93 Å². The Kier molecular flexibility index (Phi) is 7.43. The Morgan fingerprint density at radius 1 is 1.31 bits per heavy atom. The van der Waals surface area contributed by atoms with E-state index < -0.39 is 17.7 Å². The van der Waals surface area contributed by atoms with Crippen LogP contribution in [0, 0.1) is 0 Å². The van der Waals surface area contributed by atoms with E-state index in [0.29, 0.717) is 16.5 Å². The van der Waals surface area contributed by atoms with E-state index in [1.807, 2.05) is 18.4 Å². The van der Waals surface area contributed by atoms with E-state index in [0.717, 1.165) is 11.3 Å². The highest BCUT2D eigenvalue weighted by atomic mass is 35.5. The average molecular weight is 441 g/mol. The summed E-state index contributed by atoms with van der Waals surface area (Å²) >= 11 is 7.34. The van der Waals surface area contributed by atoms with Gasteiger partial charge < -0.3 is 14.0 Å². The van der Waals surface area contributed by atoms with Crippen LogP contribution in [0.5, 0.6) is 0 Å². The summed E-state index contributed by atoms with van der Waals surface area (Å²) in [7, 11) is 0. The van der Waals surface area contributed by atoms with Crippen LogP contribution in [0.25, 0.3) is 12.2 Å². The van der Waals surface area contributed by atoms with E-state index in [-0.39, 0.29) is 22.7 Å². The van der Waals surface area contributed by atoms with E-state index in [1.54, 1.807) is 46.2 Å². The summed E-state index contributed by atoms with van der Waals surface area (Å²) in [5.41, 5.74) is 0.236. The van der Waals surface area contributed by atoms with E-state index in [1.165, 1.54) is 0 Å². The number of aromatic nitrogens is 3. The second-order valence-corrected chi connectivity index (χ2v) is 8.69. The monoisotopic (exact) mass is 440 g/mol. The molecule has 8 nitrogen and oxygen atoms in total. The van der Waals surface area contributed by atoms with E-state index in [2.05, 4.69) is 15.3 Å². The molecule has 0 aliphatic heterocycles. The number of imidazole rings is 1. The minimum Gasteiger partial charge on any atom is -0.462 e. The van der Waals surface area contributed by atoms with Crippen LogP contribution in [0.3, 0.4) is 0 Å². The molecule has 0 radical (unpaired) electrons. The molecule has 0 aliphatic carbocycles. The number of carbonyl (C=O) groups is 2. The highest BCUT2D eigenvalue weighted by Gasteiger charge is 2.21. The summed E-state index contributed by atoms with van der Waals surface area (Å²) < 4.78 is 12.1. The van der Waals surface area contributed by atoms with Crippen molar-refractivity contribution >= 4 is 52.3 Å². The van der Waals surface area contributed by atoms with Crippen LogP contribution in [0.2, 0.25) is 5.15 Å². The van der Waals surface area contributed by atoms with Crippen molar-refractivity contribution in [2.75, 3.05) is 11.9 Å². The predicted octanol–water partition coefficient (Wildman–Crippen LogP) is 5.27. The molecule has 1 N–H and O–H groups in total. The Morgan fingerprint density at radius 2 is 1.97 bits per heavy atom. The van der Waals surface area contributed by atoms with Gasteiger partial charge in [-0.3, -0.25) is 5.32 Å². The Hall–Kier alpha value is -2.39. The summed E-state index contributed by atoms with van der Waals surface area (Å²) in [6.07, 6.45) is 4.27. The first-order valence-corrected chi connectivity index (χ1v) is 10.3. The number of hydrogen-bond acceptors (Lipinski definition) is 7. The lowest BCUT2D eigenvalue weighted by molar-refractivity contribution is 0.0530. The van der Waals surface area contributed by atoms with Gasteiger partial charge in [0.2, 0.25) is 0 Å². The molecule has 0 saturated heterocycles. The zero-order valence-electron chi connectivity index (χ0n) is 17.3. The van der Waals surface area contributed by atoms with Crippen molar-refractivity contribution in [3.05, 3.63) is 27.7 Å². The molecule has 1 amide bonds. The summed E-state index contributed by atoms with van der Waals surface area (Å²) in [5.74, 6) is -0.527. The molecule has 0 saturated carbocycles. The molecule has 2 aromatic rings. The lowest BCUT2D eigenvalue weighted by atomic mass is 10.2. The van der Waals surface area contributed by atoms with Crippen molar-refractivity contribution in [2.24, 2.45) is 0 Å². The molecule has 0 unspecified atom stereocenters. The molecule has 2 heterocycles. The van der Waals surface area contributed by atoms with Gasteiger partial charge in [-0.15, -0.1) is 0 Å². The third kappa shape index (κ3) is 6.30. The van der Waals surface area contributed by atoms with Crippen molar-refractivity contribution in [1.82, 2.24) is 14.5 Å². The highest BCUT2D eigenvalue weighted by Crippen LogP contribution is 2.27. The Labute approximate surface area is 178 Å². The van der Waals surface area contributed by atoms with Crippen molar-refractivity contribution in [3.8, 4) is 0 Å². The number of carbonyl (C=O) groups excluding carboxylic acids is 2. The molecule has 29 heavy (non-hydrogen) atoms. The second-order valence-electron chi connectivity index (χ2n) is 7.34. The maximum absolute atomic E-state index is 12.3. The first-order chi connectivity index (χ1) is 13.5. The number of nitrogens with one attached hydrogen (secondary N) is 1. The summed E-state index contributed by atoms with van der Waals surface area (Å²) in [5, 5.41) is 3.25. The summed E-state index contributed by atoms with van der Waals surface area (Å²) in [6.45, 7) is 11.2. The molecule has 10 heteroatoms. The second kappa shape index (κ2) is 9.41. The van der Waals surface area contributed by atoms with Crippen LogP contribution >= 0.6 is 22.9 Å². The number of ether oxygens (including phenoxy) is 2. The number of rotatable bonds is 6. The minimum absolute atomic E-state index is 0.163. The zero-order chi connectivity index (χ0) is 21.8. The van der Waals surface area contributed by atoms with Gasteiger partial charge in [0.15, 0.2) is 5.13 Å². The number of hydrogen-bond donors (Lipinski definition) is 1. The molecule has 0 aromatic carbocycles. The zero-order valence-corrected chi connectivity index (χ0v) is 18.8. The first kappa shape index (κ1) is 22.9. The number of anilines is 1. The van der Waals surface area contributed by atoms with Crippen LogP contribution in [-0.4, -0.2) is 38.8 Å².